The van der Waals surface area contributed by atoms with Gasteiger partial charge < -0.3 is 4.74 Å². The van der Waals surface area contributed by atoms with Crippen molar-refractivity contribution in [3.8, 4) is 11.4 Å². The van der Waals surface area contributed by atoms with Gasteiger partial charge in [-0.05, 0) is 19.9 Å². The van der Waals surface area contributed by atoms with Crippen molar-refractivity contribution < 1.29 is 13.5 Å². The molecule has 0 saturated heterocycles. The zero-order chi connectivity index (χ0) is 22.8. The van der Waals surface area contributed by atoms with Crippen LogP contribution in [0.5, 0.6) is 5.75 Å². The lowest BCUT2D eigenvalue weighted by Gasteiger charge is -2.14. The SMILES string of the molecule is CC.CC.[B]c1cnc(C)c(-n2c(C)cc(OCc3ncc(F)cc3F)cc2=O)c1. The number of rotatable bonds is 4. The van der Waals surface area contributed by atoms with Gasteiger partial charge in [0.25, 0.3) is 5.56 Å². The summed E-state index contributed by atoms with van der Waals surface area (Å²) in [6.07, 6.45) is 2.42. The van der Waals surface area contributed by atoms with Crippen molar-refractivity contribution in [2.24, 2.45) is 0 Å². The molecular weight excluding hydrogens is 387 g/mol. The lowest BCUT2D eigenvalue weighted by molar-refractivity contribution is 0.292. The van der Waals surface area contributed by atoms with Crippen LogP contribution in [0.2, 0.25) is 0 Å². The number of aryl methyl sites for hydroxylation is 2. The van der Waals surface area contributed by atoms with E-state index in [0.717, 1.165) is 12.3 Å². The van der Waals surface area contributed by atoms with E-state index in [-0.39, 0.29) is 23.6 Å². The lowest BCUT2D eigenvalue weighted by Crippen LogP contribution is -2.23. The molecule has 0 fully saturated rings. The maximum absolute atomic E-state index is 13.6. The summed E-state index contributed by atoms with van der Waals surface area (Å²) >= 11 is 0. The quantitative estimate of drug-likeness (QED) is 0.608. The van der Waals surface area contributed by atoms with Gasteiger partial charge in [0, 0.05) is 30.1 Å². The molecule has 0 aliphatic rings. The summed E-state index contributed by atoms with van der Waals surface area (Å²) in [5.74, 6) is -1.32. The molecular formula is C22H26BF2N3O2. The second-order valence-electron chi connectivity index (χ2n) is 5.75. The highest BCUT2D eigenvalue weighted by atomic mass is 19.1. The second-order valence-corrected chi connectivity index (χ2v) is 5.75. The van der Waals surface area contributed by atoms with Crippen molar-refractivity contribution in [2.75, 3.05) is 0 Å². The monoisotopic (exact) mass is 413 g/mol. The molecule has 0 spiro atoms. The summed E-state index contributed by atoms with van der Waals surface area (Å²) in [5.41, 5.74) is 1.86. The Morgan fingerprint density at radius 1 is 1.00 bits per heavy atom. The Morgan fingerprint density at radius 3 is 2.27 bits per heavy atom. The van der Waals surface area contributed by atoms with Crippen molar-refractivity contribution in [1.29, 1.82) is 0 Å². The van der Waals surface area contributed by atoms with Gasteiger partial charge in [0.1, 0.15) is 31.7 Å². The molecule has 3 rings (SSSR count). The maximum atomic E-state index is 13.6. The van der Waals surface area contributed by atoms with Gasteiger partial charge in [-0.15, -0.1) is 0 Å². The first kappa shape index (κ1) is 25.0. The number of aromatic nitrogens is 3. The molecule has 0 atom stereocenters. The fourth-order valence-electron chi connectivity index (χ4n) is 2.53. The van der Waals surface area contributed by atoms with Crippen molar-refractivity contribution in [2.45, 2.75) is 48.1 Å². The Bertz CT molecular complexity index is 1040. The van der Waals surface area contributed by atoms with E-state index in [1.165, 1.54) is 16.8 Å². The highest BCUT2D eigenvalue weighted by Crippen LogP contribution is 2.17. The Hall–Kier alpha value is -3.03. The standard InChI is InChI=1S/C18H14BF2N3O2.2C2H6/c1-10-3-14(26-9-16-15(21)5-13(20)8-23-16)6-18(25)24(10)17-4-12(19)7-22-11(17)2;2*1-2/h3-8H,9H2,1-2H3;2*1-2H3. The van der Waals surface area contributed by atoms with Crippen LogP contribution >= 0.6 is 0 Å². The Labute approximate surface area is 177 Å². The number of hydrogen-bond acceptors (Lipinski definition) is 4. The van der Waals surface area contributed by atoms with Gasteiger partial charge in [-0.1, -0.05) is 33.2 Å². The van der Waals surface area contributed by atoms with Crippen LogP contribution in [0.4, 0.5) is 8.78 Å². The normalized spacial score (nSPS) is 9.73. The van der Waals surface area contributed by atoms with Gasteiger partial charge in [-0.2, -0.15) is 0 Å². The highest BCUT2D eigenvalue weighted by Gasteiger charge is 2.11. The van der Waals surface area contributed by atoms with Crippen LogP contribution in [-0.4, -0.2) is 22.4 Å². The fraction of sp³-hybridized carbons (Fsp3) is 0.318. The molecule has 0 saturated carbocycles. The number of hydrogen-bond donors (Lipinski definition) is 0. The van der Waals surface area contributed by atoms with Crippen LogP contribution in [0.1, 0.15) is 44.8 Å². The van der Waals surface area contributed by atoms with E-state index >= 15 is 0 Å². The first-order valence-electron chi connectivity index (χ1n) is 9.74. The van der Waals surface area contributed by atoms with Crippen LogP contribution in [0.25, 0.3) is 5.69 Å². The van der Waals surface area contributed by atoms with E-state index in [2.05, 4.69) is 9.97 Å². The van der Waals surface area contributed by atoms with E-state index in [4.69, 9.17) is 12.6 Å². The molecule has 0 bridgehead atoms. The minimum absolute atomic E-state index is 0.0518. The zero-order valence-electron chi connectivity index (χ0n) is 18.2. The van der Waals surface area contributed by atoms with Crippen LogP contribution < -0.4 is 15.8 Å². The Kier molecular flexibility index (Phi) is 9.88. The molecule has 2 radical (unpaired) electrons. The molecule has 0 N–H and O–H groups in total. The molecule has 3 aromatic rings. The first-order valence-corrected chi connectivity index (χ1v) is 9.74. The highest BCUT2D eigenvalue weighted by molar-refractivity contribution is 6.32. The predicted molar refractivity (Wildman–Crippen MR) is 116 cm³/mol. The van der Waals surface area contributed by atoms with Crippen molar-refractivity contribution in [1.82, 2.24) is 14.5 Å². The summed E-state index contributed by atoms with van der Waals surface area (Å²) in [6.45, 7) is 11.3. The lowest BCUT2D eigenvalue weighted by atomic mass is 9.98. The largest absolute Gasteiger partial charge is 0.487 e. The second kappa shape index (κ2) is 11.9. The summed E-state index contributed by atoms with van der Waals surface area (Å²) in [7, 11) is 5.76. The molecule has 0 aliphatic carbocycles. The van der Waals surface area contributed by atoms with Gasteiger partial charge in [-0.25, -0.2) is 8.78 Å². The van der Waals surface area contributed by atoms with Crippen LogP contribution in [0.3, 0.4) is 0 Å². The predicted octanol–water partition coefficient (Wildman–Crippen LogP) is 3.95. The average molecular weight is 413 g/mol. The molecule has 0 unspecified atom stereocenters. The third-order valence-electron chi connectivity index (χ3n) is 3.77. The zero-order valence-corrected chi connectivity index (χ0v) is 18.2. The van der Waals surface area contributed by atoms with Crippen molar-refractivity contribution >= 4 is 13.3 Å². The molecule has 8 heteroatoms. The van der Waals surface area contributed by atoms with E-state index < -0.39 is 11.6 Å². The third-order valence-corrected chi connectivity index (χ3v) is 3.77. The molecule has 0 amide bonds. The van der Waals surface area contributed by atoms with Gasteiger partial charge in [-0.3, -0.25) is 19.3 Å². The smallest absolute Gasteiger partial charge is 0.259 e. The number of ether oxygens (including phenoxy) is 1. The van der Waals surface area contributed by atoms with Crippen LogP contribution in [-0.2, 0) is 6.61 Å². The van der Waals surface area contributed by atoms with E-state index in [1.807, 2.05) is 27.7 Å². The molecule has 158 valence electrons. The minimum atomic E-state index is -0.809. The summed E-state index contributed by atoms with van der Waals surface area (Å²) in [6, 6.07) is 5.29. The Morgan fingerprint density at radius 2 is 1.67 bits per heavy atom. The summed E-state index contributed by atoms with van der Waals surface area (Å²) < 4.78 is 33.4. The summed E-state index contributed by atoms with van der Waals surface area (Å²) in [4.78, 5) is 20.3. The molecule has 3 heterocycles. The third kappa shape index (κ3) is 6.24. The topological polar surface area (TPSA) is 57.0 Å². The van der Waals surface area contributed by atoms with E-state index in [1.54, 1.807) is 26.0 Å². The van der Waals surface area contributed by atoms with Crippen molar-refractivity contribution in [3.05, 3.63) is 75.7 Å². The van der Waals surface area contributed by atoms with Crippen LogP contribution in [0.15, 0.2) is 41.5 Å². The van der Waals surface area contributed by atoms with E-state index in [9.17, 15) is 13.6 Å². The molecule has 0 aromatic carbocycles. The maximum Gasteiger partial charge on any atom is 0.259 e. The average Bonchev–Trinajstić information content (AvgIpc) is 2.72. The molecule has 0 aliphatic heterocycles. The number of pyridine rings is 3. The summed E-state index contributed by atoms with van der Waals surface area (Å²) in [5, 5.41) is 0. The van der Waals surface area contributed by atoms with Gasteiger partial charge in [0.2, 0.25) is 0 Å². The first-order chi connectivity index (χ1) is 14.3. The minimum Gasteiger partial charge on any atom is -0.487 e. The fourth-order valence-corrected chi connectivity index (χ4v) is 2.53. The Balaban J connectivity index is 0.00000106. The van der Waals surface area contributed by atoms with Gasteiger partial charge >= 0.3 is 0 Å². The molecule has 3 aromatic heterocycles. The number of nitrogens with zero attached hydrogens (tertiary/aromatic N) is 3. The van der Waals surface area contributed by atoms with Crippen molar-refractivity contribution in [3.63, 3.8) is 0 Å². The van der Waals surface area contributed by atoms with Gasteiger partial charge in [0.15, 0.2) is 5.82 Å². The molecule has 30 heavy (non-hydrogen) atoms. The van der Waals surface area contributed by atoms with E-state index in [0.29, 0.717) is 22.5 Å². The van der Waals surface area contributed by atoms with Crippen LogP contribution in [0, 0.1) is 25.5 Å². The number of halogens is 2. The molecule has 5 nitrogen and oxygen atoms in total. The van der Waals surface area contributed by atoms with Gasteiger partial charge in [0.05, 0.1) is 17.6 Å².